The molecule has 8 heteroatoms. The van der Waals surface area contributed by atoms with Crippen molar-refractivity contribution in [2.75, 3.05) is 5.32 Å². The quantitative estimate of drug-likeness (QED) is 0.411. The molecule has 156 valence electrons. The topological polar surface area (TPSA) is 46.9 Å². The maximum absolute atomic E-state index is 13.6. The first kappa shape index (κ1) is 20.3. The van der Waals surface area contributed by atoms with Crippen molar-refractivity contribution in [2.45, 2.75) is 6.18 Å². The second kappa shape index (κ2) is 8.06. The highest BCUT2D eigenvalue weighted by Gasteiger charge is 2.34. The Morgan fingerprint density at radius 2 is 1.52 bits per heavy atom. The Kier molecular flexibility index (Phi) is 5.29. The van der Waals surface area contributed by atoms with Gasteiger partial charge >= 0.3 is 6.18 Å². The summed E-state index contributed by atoms with van der Waals surface area (Å²) >= 11 is 0. The minimum Gasteiger partial charge on any atom is -0.306 e. The third-order valence-corrected chi connectivity index (χ3v) is 4.56. The van der Waals surface area contributed by atoms with Crippen molar-refractivity contribution in [1.82, 2.24) is 9.78 Å². The number of amides is 1. The van der Waals surface area contributed by atoms with Crippen LogP contribution in [-0.2, 0) is 6.18 Å². The first-order valence-corrected chi connectivity index (χ1v) is 9.22. The number of hydrogen-bond acceptors (Lipinski definition) is 2. The summed E-state index contributed by atoms with van der Waals surface area (Å²) < 4.78 is 54.1. The highest BCUT2D eigenvalue weighted by Crippen LogP contribution is 2.32. The summed E-state index contributed by atoms with van der Waals surface area (Å²) in [5.74, 6) is -2.00. The van der Waals surface area contributed by atoms with Crippen LogP contribution < -0.4 is 5.32 Å². The van der Waals surface area contributed by atoms with E-state index in [0.717, 1.165) is 11.6 Å². The lowest BCUT2D eigenvalue weighted by atomic mass is 10.1. The molecule has 0 aliphatic rings. The molecular formula is C23H15F4N3O. The van der Waals surface area contributed by atoms with Crippen LogP contribution in [0.2, 0.25) is 0 Å². The predicted octanol–water partition coefficient (Wildman–Crippen LogP) is 5.95. The van der Waals surface area contributed by atoms with Gasteiger partial charge in [0, 0.05) is 17.2 Å². The molecule has 1 N–H and O–H groups in total. The summed E-state index contributed by atoms with van der Waals surface area (Å²) in [5.41, 5.74) is 0.191. The number of nitrogens with one attached hydrogen (secondary N) is 1. The fourth-order valence-electron chi connectivity index (χ4n) is 3.06. The molecule has 0 bridgehead atoms. The fraction of sp³-hybridized carbons (Fsp3) is 0.0435. The van der Waals surface area contributed by atoms with Crippen LogP contribution in [0.4, 0.5) is 23.4 Å². The van der Waals surface area contributed by atoms with Gasteiger partial charge in [0.05, 0.1) is 16.9 Å². The molecule has 4 nitrogen and oxygen atoms in total. The third kappa shape index (κ3) is 4.32. The van der Waals surface area contributed by atoms with E-state index >= 15 is 0 Å². The van der Waals surface area contributed by atoms with Gasteiger partial charge in [-0.1, -0.05) is 48.5 Å². The molecular weight excluding hydrogens is 410 g/mol. The van der Waals surface area contributed by atoms with Gasteiger partial charge in [-0.25, -0.2) is 9.07 Å². The van der Waals surface area contributed by atoms with Crippen molar-refractivity contribution in [3.63, 3.8) is 0 Å². The molecule has 31 heavy (non-hydrogen) atoms. The van der Waals surface area contributed by atoms with E-state index < -0.39 is 23.5 Å². The maximum Gasteiger partial charge on any atom is 0.419 e. The largest absolute Gasteiger partial charge is 0.419 e. The van der Waals surface area contributed by atoms with E-state index in [0.29, 0.717) is 23.5 Å². The van der Waals surface area contributed by atoms with Gasteiger partial charge in [0.2, 0.25) is 0 Å². The molecule has 0 aliphatic heterocycles. The monoisotopic (exact) mass is 425 g/mol. The minimum atomic E-state index is -4.91. The number of rotatable bonds is 4. The number of alkyl halides is 3. The van der Waals surface area contributed by atoms with E-state index in [9.17, 15) is 22.4 Å². The van der Waals surface area contributed by atoms with Gasteiger partial charge in [-0.2, -0.15) is 18.3 Å². The zero-order chi connectivity index (χ0) is 22.0. The highest BCUT2D eigenvalue weighted by molar-refractivity contribution is 6.04. The number of nitrogens with zero attached hydrogens (tertiary/aromatic N) is 2. The summed E-state index contributed by atoms with van der Waals surface area (Å²) in [6.45, 7) is 0. The molecule has 0 unspecified atom stereocenters. The van der Waals surface area contributed by atoms with Crippen molar-refractivity contribution in [3.05, 3.63) is 102 Å². The van der Waals surface area contributed by atoms with Crippen LogP contribution in [0.3, 0.4) is 0 Å². The van der Waals surface area contributed by atoms with E-state index in [4.69, 9.17) is 0 Å². The van der Waals surface area contributed by atoms with Crippen molar-refractivity contribution < 1.29 is 22.4 Å². The van der Waals surface area contributed by atoms with E-state index in [1.54, 1.807) is 30.3 Å². The summed E-state index contributed by atoms with van der Waals surface area (Å²) in [4.78, 5) is 12.7. The number of para-hydroxylation sites is 1. The minimum absolute atomic E-state index is 0.257. The second-order valence-corrected chi connectivity index (χ2v) is 6.67. The standard InChI is InChI=1S/C23H15F4N3O/c24-19-12-11-16(13-18(19)23(25,26)27)22(31)28-21-14-20(15-7-3-1-4-8-15)29-30(21)17-9-5-2-6-10-17/h1-14H,(H,28,31). The van der Waals surface area contributed by atoms with Crippen LogP contribution in [0.1, 0.15) is 15.9 Å². The molecule has 4 rings (SSSR count). The van der Waals surface area contributed by atoms with Crippen LogP contribution in [0.15, 0.2) is 84.9 Å². The smallest absolute Gasteiger partial charge is 0.306 e. The molecule has 0 spiro atoms. The molecule has 4 aromatic rings. The molecule has 0 fully saturated rings. The zero-order valence-electron chi connectivity index (χ0n) is 15.9. The number of carbonyl (C=O) groups excluding carboxylic acids is 1. The molecule has 3 aromatic carbocycles. The molecule has 0 saturated carbocycles. The van der Waals surface area contributed by atoms with Gasteiger partial charge in [-0.15, -0.1) is 0 Å². The fourth-order valence-corrected chi connectivity index (χ4v) is 3.06. The molecule has 0 radical (unpaired) electrons. The Labute approximate surface area is 174 Å². The van der Waals surface area contributed by atoms with Crippen molar-refractivity contribution in [2.24, 2.45) is 0 Å². The molecule has 1 amide bonds. The Hall–Kier alpha value is -3.94. The summed E-state index contributed by atoms with van der Waals surface area (Å²) in [7, 11) is 0. The van der Waals surface area contributed by atoms with E-state index in [1.807, 2.05) is 36.4 Å². The molecule has 0 atom stereocenters. The van der Waals surface area contributed by atoms with E-state index in [2.05, 4.69) is 10.4 Å². The Bertz CT molecular complexity index is 1220. The SMILES string of the molecule is O=C(Nc1cc(-c2ccccc2)nn1-c1ccccc1)c1ccc(F)c(C(F)(F)F)c1. The van der Waals surface area contributed by atoms with Gasteiger partial charge in [0.1, 0.15) is 11.6 Å². The van der Waals surface area contributed by atoms with Gasteiger partial charge in [-0.3, -0.25) is 4.79 Å². The first-order valence-electron chi connectivity index (χ1n) is 9.22. The lowest BCUT2D eigenvalue weighted by Crippen LogP contribution is -2.17. The third-order valence-electron chi connectivity index (χ3n) is 4.56. The maximum atomic E-state index is 13.6. The number of halogens is 4. The summed E-state index contributed by atoms with van der Waals surface area (Å²) in [5, 5.41) is 7.12. The average Bonchev–Trinajstić information content (AvgIpc) is 3.18. The number of hydrogen-bond donors (Lipinski definition) is 1. The zero-order valence-corrected chi connectivity index (χ0v) is 15.9. The first-order chi connectivity index (χ1) is 14.8. The lowest BCUT2D eigenvalue weighted by molar-refractivity contribution is -0.140. The van der Waals surface area contributed by atoms with E-state index in [1.165, 1.54) is 4.68 Å². The van der Waals surface area contributed by atoms with Crippen LogP contribution in [0.25, 0.3) is 16.9 Å². The van der Waals surface area contributed by atoms with Crippen LogP contribution >= 0.6 is 0 Å². The van der Waals surface area contributed by atoms with Crippen LogP contribution in [0, 0.1) is 5.82 Å². The highest BCUT2D eigenvalue weighted by atomic mass is 19.4. The van der Waals surface area contributed by atoms with Gasteiger partial charge in [-0.05, 0) is 30.3 Å². The Balaban J connectivity index is 1.73. The van der Waals surface area contributed by atoms with Gasteiger partial charge < -0.3 is 5.32 Å². The molecule has 1 aromatic heterocycles. The van der Waals surface area contributed by atoms with Crippen molar-refractivity contribution >= 4 is 11.7 Å². The van der Waals surface area contributed by atoms with Crippen molar-refractivity contribution in [3.8, 4) is 16.9 Å². The number of benzene rings is 3. The number of anilines is 1. The predicted molar refractivity (Wildman–Crippen MR) is 108 cm³/mol. The van der Waals surface area contributed by atoms with Crippen molar-refractivity contribution in [1.29, 1.82) is 0 Å². The molecule has 1 heterocycles. The number of aromatic nitrogens is 2. The average molecular weight is 425 g/mol. The lowest BCUT2D eigenvalue weighted by Gasteiger charge is -2.11. The van der Waals surface area contributed by atoms with Gasteiger partial charge in [0.15, 0.2) is 0 Å². The Morgan fingerprint density at radius 3 is 2.16 bits per heavy atom. The molecule has 0 aliphatic carbocycles. The van der Waals surface area contributed by atoms with Crippen LogP contribution in [0.5, 0.6) is 0 Å². The molecule has 0 saturated heterocycles. The normalized spacial score (nSPS) is 11.4. The summed E-state index contributed by atoms with van der Waals surface area (Å²) in [6, 6.07) is 21.9. The summed E-state index contributed by atoms with van der Waals surface area (Å²) in [6.07, 6.45) is -4.91. The second-order valence-electron chi connectivity index (χ2n) is 6.67. The number of carbonyl (C=O) groups is 1. The van der Waals surface area contributed by atoms with E-state index in [-0.39, 0.29) is 11.4 Å². The van der Waals surface area contributed by atoms with Gasteiger partial charge in [0.25, 0.3) is 5.91 Å². The Morgan fingerprint density at radius 1 is 0.871 bits per heavy atom. The van der Waals surface area contributed by atoms with Crippen LogP contribution in [-0.4, -0.2) is 15.7 Å².